The summed E-state index contributed by atoms with van der Waals surface area (Å²) >= 11 is 0. The molecule has 1 N–H and O–H groups in total. The van der Waals surface area contributed by atoms with Crippen molar-refractivity contribution in [2.75, 3.05) is 26.2 Å². The molecule has 1 heterocycles. The average Bonchev–Trinajstić information content (AvgIpc) is 2.47. The monoisotopic (exact) mass is 171 g/mol. The minimum absolute atomic E-state index is 0.337. The molecular weight excluding hydrogens is 150 g/mol. The van der Waals surface area contributed by atoms with Crippen LogP contribution in [0.3, 0.4) is 0 Å². The summed E-state index contributed by atoms with van der Waals surface area (Å²) in [5.41, 5.74) is 0. The minimum atomic E-state index is 0.337. The highest BCUT2D eigenvalue weighted by molar-refractivity contribution is 4.72. The summed E-state index contributed by atoms with van der Waals surface area (Å²) in [4.78, 5) is 2.51. The maximum atomic E-state index is 8.84. The van der Waals surface area contributed by atoms with Gasteiger partial charge in [-0.15, -0.1) is 0 Å². The lowest BCUT2D eigenvalue weighted by Crippen LogP contribution is -2.23. The van der Waals surface area contributed by atoms with Crippen molar-refractivity contribution in [2.24, 2.45) is 11.8 Å². The molecule has 1 fully saturated rings. The van der Waals surface area contributed by atoms with Crippen LogP contribution in [0.15, 0.2) is 0 Å². The quantitative estimate of drug-likeness (QED) is 0.690. The fraction of sp³-hybridized carbons (Fsp3) is 1.00. The molecule has 0 aromatic heterocycles. The maximum absolute atomic E-state index is 8.84. The third kappa shape index (κ3) is 3.11. The van der Waals surface area contributed by atoms with Crippen LogP contribution in [-0.4, -0.2) is 36.2 Å². The lowest BCUT2D eigenvalue weighted by atomic mass is 10.1. The van der Waals surface area contributed by atoms with Gasteiger partial charge in [0.25, 0.3) is 0 Å². The van der Waals surface area contributed by atoms with Crippen LogP contribution in [-0.2, 0) is 0 Å². The van der Waals surface area contributed by atoms with Crippen molar-refractivity contribution >= 4 is 0 Å². The van der Waals surface area contributed by atoms with Crippen LogP contribution in [0, 0.1) is 11.8 Å². The highest BCUT2D eigenvalue weighted by Crippen LogP contribution is 2.15. The molecule has 2 nitrogen and oxygen atoms in total. The summed E-state index contributed by atoms with van der Waals surface area (Å²) in [6.45, 7) is 8.46. The summed E-state index contributed by atoms with van der Waals surface area (Å²) in [7, 11) is 0. The molecule has 0 aromatic rings. The maximum Gasteiger partial charge on any atom is 0.0457 e. The van der Waals surface area contributed by atoms with Gasteiger partial charge in [-0.25, -0.2) is 0 Å². The van der Waals surface area contributed by atoms with E-state index in [9.17, 15) is 0 Å². The Morgan fingerprint density at radius 1 is 1.58 bits per heavy atom. The number of likely N-dealkylation sites (tertiary alicyclic amines) is 1. The van der Waals surface area contributed by atoms with Crippen molar-refractivity contribution in [3.8, 4) is 0 Å². The van der Waals surface area contributed by atoms with Crippen LogP contribution in [0.1, 0.15) is 26.7 Å². The highest BCUT2D eigenvalue weighted by Gasteiger charge is 2.18. The van der Waals surface area contributed by atoms with Gasteiger partial charge in [0.1, 0.15) is 0 Å². The topological polar surface area (TPSA) is 23.5 Å². The zero-order valence-corrected chi connectivity index (χ0v) is 8.29. The molecule has 1 rings (SSSR count). The Labute approximate surface area is 75.6 Å². The smallest absolute Gasteiger partial charge is 0.0457 e. The standard InChI is InChI=1S/C10H21NO/c1-9-3-5-11(7-9)6-4-10(2)8-12/h9-10,12H,3-8H2,1-2H3. The number of aliphatic hydroxyl groups is 1. The predicted molar refractivity (Wildman–Crippen MR) is 51.1 cm³/mol. The molecule has 0 spiro atoms. The molecule has 72 valence electrons. The van der Waals surface area contributed by atoms with Gasteiger partial charge < -0.3 is 10.0 Å². The van der Waals surface area contributed by atoms with Crippen LogP contribution in [0.25, 0.3) is 0 Å². The fourth-order valence-electron chi connectivity index (χ4n) is 1.72. The number of hydrogen-bond acceptors (Lipinski definition) is 2. The Bertz CT molecular complexity index is 127. The zero-order valence-electron chi connectivity index (χ0n) is 8.29. The Morgan fingerprint density at radius 3 is 2.83 bits per heavy atom. The van der Waals surface area contributed by atoms with E-state index in [4.69, 9.17) is 5.11 Å². The van der Waals surface area contributed by atoms with Crippen molar-refractivity contribution in [2.45, 2.75) is 26.7 Å². The van der Waals surface area contributed by atoms with E-state index in [2.05, 4.69) is 18.7 Å². The van der Waals surface area contributed by atoms with Crippen molar-refractivity contribution in [1.29, 1.82) is 0 Å². The predicted octanol–water partition coefficient (Wildman–Crippen LogP) is 1.35. The van der Waals surface area contributed by atoms with E-state index in [-0.39, 0.29) is 0 Å². The zero-order chi connectivity index (χ0) is 8.97. The Morgan fingerprint density at radius 2 is 2.33 bits per heavy atom. The van der Waals surface area contributed by atoms with Gasteiger partial charge in [0, 0.05) is 13.2 Å². The summed E-state index contributed by atoms with van der Waals surface area (Å²) in [5.74, 6) is 1.36. The molecule has 0 radical (unpaired) electrons. The second-order valence-corrected chi connectivity index (χ2v) is 4.27. The first kappa shape index (κ1) is 10.0. The van der Waals surface area contributed by atoms with Gasteiger partial charge in [-0.1, -0.05) is 13.8 Å². The van der Waals surface area contributed by atoms with Crippen LogP contribution in [0.5, 0.6) is 0 Å². The number of aliphatic hydroxyl groups excluding tert-OH is 1. The number of hydrogen-bond donors (Lipinski definition) is 1. The first-order chi connectivity index (χ1) is 5.72. The van der Waals surface area contributed by atoms with E-state index in [0.717, 1.165) is 12.3 Å². The lowest BCUT2D eigenvalue weighted by molar-refractivity contribution is 0.210. The molecule has 0 bridgehead atoms. The molecule has 12 heavy (non-hydrogen) atoms. The number of rotatable bonds is 4. The highest BCUT2D eigenvalue weighted by atomic mass is 16.3. The van der Waals surface area contributed by atoms with Crippen LogP contribution >= 0.6 is 0 Å². The summed E-state index contributed by atoms with van der Waals surface area (Å²) in [6, 6.07) is 0. The van der Waals surface area contributed by atoms with Gasteiger partial charge >= 0.3 is 0 Å². The lowest BCUT2D eigenvalue weighted by Gasteiger charge is -2.17. The second kappa shape index (κ2) is 4.83. The molecule has 2 atom stereocenters. The molecule has 0 aromatic carbocycles. The van der Waals surface area contributed by atoms with E-state index in [1.165, 1.54) is 26.1 Å². The van der Waals surface area contributed by atoms with Gasteiger partial charge in [0.05, 0.1) is 0 Å². The van der Waals surface area contributed by atoms with E-state index in [1.807, 2.05) is 0 Å². The first-order valence-electron chi connectivity index (χ1n) is 5.05. The second-order valence-electron chi connectivity index (χ2n) is 4.27. The van der Waals surface area contributed by atoms with E-state index in [1.54, 1.807) is 0 Å². The molecule has 0 saturated carbocycles. The molecule has 1 aliphatic rings. The summed E-state index contributed by atoms with van der Waals surface area (Å²) < 4.78 is 0. The third-order valence-electron chi connectivity index (χ3n) is 2.76. The van der Waals surface area contributed by atoms with Crippen molar-refractivity contribution < 1.29 is 5.11 Å². The van der Waals surface area contributed by atoms with Crippen LogP contribution in [0.4, 0.5) is 0 Å². The Kier molecular flexibility index (Phi) is 4.02. The first-order valence-corrected chi connectivity index (χ1v) is 5.05. The number of nitrogens with zero attached hydrogens (tertiary/aromatic N) is 1. The van der Waals surface area contributed by atoms with Crippen LogP contribution < -0.4 is 0 Å². The molecule has 1 saturated heterocycles. The minimum Gasteiger partial charge on any atom is -0.396 e. The van der Waals surface area contributed by atoms with Crippen molar-refractivity contribution in [3.05, 3.63) is 0 Å². The average molecular weight is 171 g/mol. The molecule has 0 amide bonds. The van der Waals surface area contributed by atoms with E-state index >= 15 is 0 Å². The van der Waals surface area contributed by atoms with Gasteiger partial charge in [0.15, 0.2) is 0 Å². The molecular formula is C10H21NO. The Balaban J connectivity index is 2.07. The SMILES string of the molecule is CC(CO)CCN1CCC(C)C1. The largest absolute Gasteiger partial charge is 0.396 e. The molecule has 0 aliphatic carbocycles. The van der Waals surface area contributed by atoms with Crippen molar-refractivity contribution in [3.63, 3.8) is 0 Å². The van der Waals surface area contributed by atoms with Gasteiger partial charge in [-0.2, -0.15) is 0 Å². The third-order valence-corrected chi connectivity index (χ3v) is 2.76. The summed E-state index contributed by atoms with van der Waals surface area (Å²) in [5, 5.41) is 8.84. The van der Waals surface area contributed by atoms with E-state index in [0.29, 0.717) is 12.5 Å². The normalized spacial score (nSPS) is 27.8. The van der Waals surface area contributed by atoms with E-state index < -0.39 is 0 Å². The molecule has 2 heteroatoms. The van der Waals surface area contributed by atoms with Gasteiger partial charge in [0.2, 0.25) is 0 Å². The fourth-order valence-corrected chi connectivity index (χ4v) is 1.72. The molecule has 2 unspecified atom stereocenters. The van der Waals surface area contributed by atoms with Crippen LogP contribution in [0.2, 0.25) is 0 Å². The Hall–Kier alpha value is -0.0800. The van der Waals surface area contributed by atoms with Gasteiger partial charge in [-0.3, -0.25) is 0 Å². The van der Waals surface area contributed by atoms with Crippen molar-refractivity contribution in [1.82, 2.24) is 4.90 Å². The molecule has 1 aliphatic heterocycles. The summed E-state index contributed by atoms with van der Waals surface area (Å²) in [6.07, 6.45) is 2.50. The van der Waals surface area contributed by atoms with Gasteiger partial charge in [-0.05, 0) is 37.8 Å².